The van der Waals surface area contributed by atoms with Gasteiger partial charge in [-0.25, -0.2) is 0 Å². The molecule has 7 nitrogen and oxygen atoms in total. The van der Waals surface area contributed by atoms with Crippen molar-refractivity contribution in [3.05, 3.63) is 35.9 Å². The second kappa shape index (κ2) is 8.79. The largest absolute Gasteiger partial charge is 0.480 e. The number of carboxylic acids is 2. The highest BCUT2D eigenvalue weighted by atomic mass is 33.1. The number of aliphatic carboxylic acids is 2. The van der Waals surface area contributed by atoms with Gasteiger partial charge in [-0.05, 0) is 0 Å². The molecular weight excluding hydrogens is 328 g/mol. The molecule has 6 N–H and O–H groups in total. The number of benzene rings is 1. The minimum Gasteiger partial charge on any atom is -0.480 e. The summed E-state index contributed by atoms with van der Waals surface area (Å²) in [6.07, 6.45) is 0. The molecule has 3 atom stereocenters. The second-order valence-corrected chi connectivity index (χ2v) is 6.89. The predicted octanol–water partition coefficient (Wildman–Crippen LogP) is 0.443. The Morgan fingerprint density at radius 3 is 2.14 bits per heavy atom. The van der Waals surface area contributed by atoms with Crippen LogP contribution < -0.4 is 11.5 Å². The molecule has 120 valence electrons. The fourth-order valence-corrected chi connectivity index (χ4v) is 4.13. The van der Waals surface area contributed by atoms with Gasteiger partial charge in [0.2, 0.25) is 0 Å². The minimum absolute atomic E-state index is 0.0326. The molecule has 9 heteroatoms. The third-order valence-electron chi connectivity index (χ3n) is 2.66. The molecule has 1 rings (SSSR count). The van der Waals surface area contributed by atoms with Crippen molar-refractivity contribution in [1.29, 1.82) is 0 Å². The van der Waals surface area contributed by atoms with Crippen LogP contribution in [0.2, 0.25) is 0 Å². The topological polar surface area (TPSA) is 144 Å². The first-order valence-corrected chi connectivity index (χ1v) is 8.57. The van der Waals surface area contributed by atoms with E-state index < -0.39 is 35.1 Å². The van der Waals surface area contributed by atoms with E-state index in [2.05, 4.69) is 0 Å². The summed E-state index contributed by atoms with van der Waals surface area (Å²) >= 11 is 0. The van der Waals surface area contributed by atoms with Crippen molar-refractivity contribution in [2.45, 2.75) is 17.3 Å². The van der Waals surface area contributed by atoms with E-state index in [1.807, 2.05) is 0 Å². The van der Waals surface area contributed by atoms with Gasteiger partial charge in [-0.3, -0.25) is 14.4 Å². The molecule has 0 amide bonds. The van der Waals surface area contributed by atoms with Gasteiger partial charge in [0.05, 0.1) is 0 Å². The lowest BCUT2D eigenvalue weighted by Gasteiger charge is -2.19. The molecule has 0 saturated heterocycles. The van der Waals surface area contributed by atoms with Gasteiger partial charge < -0.3 is 21.7 Å². The molecule has 0 fully saturated rings. The molecule has 1 aromatic rings. The second-order valence-electron chi connectivity index (χ2n) is 4.34. The van der Waals surface area contributed by atoms with E-state index in [0.29, 0.717) is 5.56 Å². The highest BCUT2D eigenvalue weighted by molar-refractivity contribution is 8.77. The fraction of sp³-hybridized carbons (Fsp3) is 0.308. The zero-order valence-corrected chi connectivity index (χ0v) is 13.0. The summed E-state index contributed by atoms with van der Waals surface area (Å²) in [6, 6.07) is 5.70. The zero-order chi connectivity index (χ0) is 16.7. The molecule has 0 aliphatic heterocycles. The van der Waals surface area contributed by atoms with Crippen molar-refractivity contribution in [1.82, 2.24) is 0 Å². The van der Waals surface area contributed by atoms with Crippen LogP contribution in [0.5, 0.6) is 0 Å². The van der Waals surface area contributed by atoms with Crippen LogP contribution in [0.15, 0.2) is 30.3 Å². The Hall–Kier alpha value is -1.55. The first-order valence-electron chi connectivity index (χ1n) is 6.19. The van der Waals surface area contributed by atoms with Gasteiger partial charge in [0.1, 0.15) is 17.3 Å². The fourth-order valence-electron chi connectivity index (χ4n) is 1.42. The van der Waals surface area contributed by atoms with Gasteiger partial charge in [0, 0.05) is 11.3 Å². The van der Waals surface area contributed by atoms with Gasteiger partial charge in [-0.2, -0.15) is 0 Å². The highest BCUT2D eigenvalue weighted by Crippen LogP contribution is 2.31. The Labute approximate surface area is 134 Å². The van der Waals surface area contributed by atoms with Crippen LogP contribution >= 0.6 is 21.6 Å². The van der Waals surface area contributed by atoms with Crippen LogP contribution in [0.25, 0.3) is 0 Å². The number of nitrogens with two attached hydrogens (primary N) is 2. The summed E-state index contributed by atoms with van der Waals surface area (Å²) in [4.78, 5) is 34.1. The maximum atomic E-state index is 12.4. The van der Waals surface area contributed by atoms with E-state index in [1.165, 1.54) is 0 Å². The van der Waals surface area contributed by atoms with E-state index in [1.54, 1.807) is 30.3 Å². The van der Waals surface area contributed by atoms with Gasteiger partial charge >= 0.3 is 11.9 Å². The molecule has 0 spiro atoms. The van der Waals surface area contributed by atoms with Crippen molar-refractivity contribution < 1.29 is 24.6 Å². The highest BCUT2D eigenvalue weighted by Gasteiger charge is 2.32. The van der Waals surface area contributed by atoms with Crippen molar-refractivity contribution in [2.75, 3.05) is 5.75 Å². The van der Waals surface area contributed by atoms with E-state index >= 15 is 0 Å². The van der Waals surface area contributed by atoms with Gasteiger partial charge in [-0.1, -0.05) is 51.9 Å². The van der Waals surface area contributed by atoms with Crippen LogP contribution in [-0.2, 0) is 9.59 Å². The lowest BCUT2D eigenvalue weighted by molar-refractivity contribution is -0.139. The van der Waals surface area contributed by atoms with E-state index in [4.69, 9.17) is 21.7 Å². The number of carbonyl (C=O) groups excluding carboxylic acids is 1. The Morgan fingerprint density at radius 1 is 1.05 bits per heavy atom. The number of rotatable bonds is 9. The smallest absolute Gasteiger partial charge is 0.322 e. The van der Waals surface area contributed by atoms with Crippen LogP contribution in [0.1, 0.15) is 10.4 Å². The third-order valence-corrected chi connectivity index (χ3v) is 5.45. The molecule has 0 saturated carbocycles. The Bertz CT molecular complexity index is 540. The van der Waals surface area contributed by atoms with E-state index in [0.717, 1.165) is 21.6 Å². The van der Waals surface area contributed by atoms with Crippen LogP contribution in [-0.4, -0.2) is 51.0 Å². The average Bonchev–Trinajstić information content (AvgIpc) is 2.50. The average molecular weight is 344 g/mol. The third kappa shape index (κ3) is 5.34. The van der Waals surface area contributed by atoms with E-state index in [9.17, 15) is 14.4 Å². The minimum atomic E-state index is -1.40. The summed E-state index contributed by atoms with van der Waals surface area (Å²) in [7, 11) is 1.94. The normalized spacial score (nSPS) is 14.8. The molecular formula is C13H16N2O5S2. The molecule has 0 radical (unpaired) electrons. The molecule has 0 bridgehead atoms. The number of ketones is 1. The number of Topliss-reactive ketones (excluding diaryl/α,β-unsaturated/α-hetero) is 1. The maximum Gasteiger partial charge on any atom is 0.322 e. The standard InChI is InChI=1S/C13H16N2O5S2/c14-8(12(17)18)6-21-22-11(9(15)13(19)20)10(16)7-4-2-1-3-5-7/h1-5,8-9,11H,6,14-15H2,(H,17,18)(H,19,20)/t8-,9-,11?/m0/s1. The molecule has 0 aromatic heterocycles. The quantitative estimate of drug-likeness (QED) is 0.370. The lowest BCUT2D eigenvalue weighted by atomic mass is 10.0. The van der Waals surface area contributed by atoms with Crippen molar-refractivity contribution in [3.8, 4) is 0 Å². The molecule has 1 unspecified atom stereocenters. The molecule has 0 heterocycles. The van der Waals surface area contributed by atoms with Crippen molar-refractivity contribution in [3.63, 3.8) is 0 Å². The first-order chi connectivity index (χ1) is 10.3. The van der Waals surface area contributed by atoms with Crippen molar-refractivity contribution in [2.24, 2.45) is 11.5 Å². The molecule has 22 heavy (non-hydrogen) atoms. The number of hydrogen-bond donors (Lipinski definition) is 4. The molecule has 0 aliphatic rings. The van der Waals surface area contributed by atoms with Gasteiger partial charge in [-0.15, -0.1) is 0 Å². The predicted molar refractivity (Wildman–Crippen MR) is 85.8 cm³/mol. The van der Waals surface area contributed by atoms with E-state index in [-0.39, 0.29) is 5.75 Å². The molecule has 1 aromatic carbocycles. The Balaban J connectivity index is 2.79. The number of carbonyl (C=O) groups is 3. The SMILES string of the molecule is N[C@H](C(=O)O)C(SSC[C@H](N)C(=O)O)C(=O)c1ccccc1. The number of carboxylic acid groups (broad SMARTS) is 2. The summed E-state index contributed by atoms with van der Waals surface area (Å²) in [6.45, 7) is 0. The lowest BCUT2D eigenvalue weighted by Crippen LogP contribution is -2.44. The zero-order valence-electron chi connectivity index (χ0n) is 11.4. The summed E-state index contributed by atoms with van der Waals surface area (Å²) < 4.78 is 0. The Morgan fingerprint density at radius 2 is 1.64 bits per heavy atom. The van der Waals surface area contributed by atoms with Gasteiger partial charge in [0.15, 0.2) is 5.78 Å². The molecule has 0 aliphatic carbocycles. The van der Waals surface area contributed by atoms with Crippen LogP contribution in [0.3, 0.4) is 0 Å². The summed E-state index contributed by atoms with van der Waals surface area (Å²) in [5.74, 6) is -2.85. The number of hydrogen-bond acceptors (Lipinski definition) is 7. The summed E-state index contributed by atoms with van der Waals surface area (Å²) in [5, 5.41) is 16.7. The Kier molecular flexibility index (Phi) is 7.39. The monoisotopic (exact) mass is 344 g/mol. The van der Waals surface area contributed by atoms with Crippen molar-refractivity contribution >= 4 is 39.3 Å². The van der Waals surface area contributed by atoms with Crippen LogP contribution in [0, 0.1) is 0 Å². The summed E-state index contributed by atoms with van der Waals surface area (Å²) in [5.41, 5.74) is 11.3. The van der Waals surface area contributed by atoms with Crippen LogP contribution in [0.4, 0.5) is 0 Å². The first kappa shape index (κ1) is 18.5. The maximum absolute atomic E-state index is 12.4. The van der Waals surface area contributed by atoms with Gasteiger partial charge in [0.25, 0.3) is 0 Å².